The Morgan fingerprint density at radius 2 is 2.06 bits per heavy atom. The summed E-state index contributed by atoms with van der Waals surface area (Å²) in [6.45, 7) is 2.08. The average molecular weight is 228 g/mol. The monoisotopic (exact) mass is 228 g/mol. The van der Waals surface area contributed by atoms with Crippen LogP contribution in [0, 0.1) is 12.8 Å². The van der Waals surface area contributed by atoms with Gasteiger partial charge in [0.25, 0.3) is 0 Å². The highest BCUT2D eigenvalue weighted by Gasteiger charge is 2.49. The van der Waals surface area contributed by atoms with Crippen molar-refractivity contribution in [2.24, 2.45) is 5.92 Å². The molecule has 2 nitrogen and oxygen atoms in total. The Balaban J connectivity index is 1.95. The highest BCUT2D eigenvalue weighted by atomic mass is 16.5. The molecule has 1 fully saturated rings. The number of hydrogen-bond acceptors (Lipinski definition) is 2. The van der Waals surface area contributed by atoms with Crippen molar-refractivity contribution in [2.45, 2.75) is 44.6 Å². The van der Waals surface area contributed by atoms with Crippen molar-refractivity contribution in [3.63, 3.8) is 0 Å². The fraction of sp³-hybridized carbons (Fsp3) is 0.533. The molecule has 88 valence electrons. The Hall–Kier alpha value is -1.31. The van der Waals surface area contributed by atoms with Gasteiger partial charge in [0, 0.05) is 17.9 Å². The zero-order valence-corrected chi connectivity index (χ0v) is 10.0. The summed E-state index contributed by atoms with van der Waals surface area (Å²) in [6.07, 6.45) is 4.01. The molecule has 1 saturated carbocycles. The molecule has 0 amide bonds. The van der Waals surface area contributed by atoms with E-state index in [9.17, 15) is 4.79 Å². The molecule has 3 unspecified atom stereocenters. The Morgan fingerprint density at radius 1 is 1.24 bits per heavy atom. The number of Topliss-reactive ketones (excluding diaryl/α,β-unsaturated/α-hetero) is 1. The molecule has 3 aliphatic rings. The smallest absolute Gasteiger partial charge is 0.173 e. The highest BCUT2D eigenvalue weighted by molar-refractivity contribution is 5.87. The van der Waals surface area contributed by atoms with E-state index in [0.717, 1.165) is 18.6 Å². The van der Waals surface area contributed by atoms with Gasteiger partial charge in [0.05, 0.1) is 0 Å². The van der Waals surface area contributed by atoms with Crippen molar-refractivity contribution in [3.05, 3.63) is 28.8 Å². The van der Waals surface area contributed by atoms with Crippen molar-refractivity contribution < 1.29 is 9.53 Å². The van der Waals surface area contributed by atoms with E-state index >= 15 is 0 Å². The Labute approximate surface area is 101 Å². The van der Waals surface area contributed by atoms with Crippen molar-refractivity contribution in [3.8, 4) is 5.75 Å². The van der Waals surface area contributed by atoms with Gasteiger partial charge in [0.15, 0.2) is 11.9 Å². The first-order valence-corrected chi connectivity index (χ1v) is 6.57. The second-order valence-electron chi connectivity index (χ2n) is 5.65. The van der Waals surface area contributed by atoms with Crippen molar-refractivity contribution in [1.29, 1.82) is 0 Å². The van der Waals surface area contributed by atoms with Gasteiger partial charge >= 0.3 is 0 Å². The Morgan fingerprint density at radius 3 is 2.94 bits per heavy atom. The summed E-state index contributed by atoms with van der Waals surface area (Å²) < 4.78 is 6.00. The third-order valence-corrected chi connectivity index (χ3v) is 4.76. The number of aryl methyl sites for hydroxylation is 2. The zero-order valence-electron chi connectivity index (χ0n) is 10.0. The van der Waals surface area contributed by atoms with E-state index in [1.807, 2.05) is 0 Å². The normalized spacial score (nSPS) is 33.2. The van der Waals surface area contributed by atoms with Gasteiger partial charge in [-0.15, -0.1) is 0 Å². The van der Waals surface area contributed by atoms with Crippen molar-refractivity contribution in [2.75, 3.05) is 0 Å². The van der Waals surface area contributed by atoms with Crippen LogP contribution >= 0.6 is 0 Å². The minimum atomic E-state index is -0.163. The number of rotatable bonds is 0. The Kier molecular flexibility index (Phi) is 1.78. The van der Waals surface area contributed by atoms with Crippen LogP contribution in [0.3, 0.4) is 0 Å². The molecule has 0 N–H and O–H groups in total. The maximum Gasteiger partial charge on any atom is 0.173 e. The van der Waals surface area contributed by atoms with E-state index in [1.54, 1.807) is 0 Å². The summed E-state index contributed by atoms with van der Waals surface area (Å²) in [6, 6.07) is 4.37. The number of carbonyl (C=O) groups excluding carboxylic acids is 1. The lowest BCUT2D eigenvalue weighted by Gasteiger charge is -2.35. The topological polar surface area (TPSA) is 26.3 Å². The molecule has 3 atom stereocenters. The van der Waals surface area contributed by atoms with Gasteiger partial charge in [-0.3, -0.25) is 4.79 Å². The van der Waals surface area contributed by atoms with Crippen LogP contribution in [0.2, 0.25) is 0 Å². The van der Waals surface area contributed by atoms with Gasteiger partial charge in [-0.25, -0.2) is 0 Å². The molecule has 0 aromatic heterocycles. The molecule has 1 aromatic carbocycles. The molecule has 2 aliphatic carbocycles. The fourth-order valence-corrected chi connectivity index (χ4v) is 3.90. The number of benzene rings is 1. The largest absolute Gasteiger partial charge is 0.481 e. The quantitative estimate of drug-likeness (QED) is 0.682. The first-order chi connectivity index (χ1) is 8.25. The molecule has 17 heavy (non-hydrogen) atoms. The van der Waals surface area contributed by atoms with E-state index in [-0.39, 0.29) is 6.10 Å². The predicted octanol–water partition coefficient (Wildman–Crippen LogP) is 2.76. The standard InChI is InChI=1S/C15H16O2/c1-8-2-3-9-4-5-10-6-7-11(16)15-13(10)12(9)14(8)17-15/h2-3,10,13,15H,4-7H2,1H3. The lowest BCUT2D eigenvalue weighted by Crippen LogP contribution is -2.39. The third-order valence-electron chi connectivity index (χ3n) is 4.76. The molecule has 0 saturated heterocycles. The summed E-state index contributed by atoms with van der Waals surface area (Å²) >= 11 is 0. The molecule has 1 heterocycles. The maximum absolute atomic E-state index is 12.0. The molecule has 1 aliphatic heterocycles. The van der Waals surface area contributed by atoms with Crippen molar-refractivity contribution >= 4 is 5.78 Å². The minimum absolute atomic E-state index is 0.163. The van der Waals surface area contributed by atoms with Gasteiger partial charge in [0.1, 0.15) is 5.75 Å². The van der Waals surface area contributed by atoms with Gasteiger partial charge in [0.2, 0.25) is 0 Å². The number of ketones is 1. The molecule has 0 spiro atoms. The predicted molar refractivity (Wildman–Crippen MR) is 64.4 cm³/mol. The minimum Gasteiger partial charge on any atom is -0.481 e. The average Bonchev–Trinajstić information content (AvgIpc) is 2.75. The summed E-state index contributed by atoms with van der Waals surface area (Å²) in [7, 11) is 0. The number of hydrogen-bond donors (Lipinski definition) is 0. The molecule has 4 rings (SSSR count). The van der Waals surface area contributed by atoms with Gasteiger partial charge in [-0.05, 0) is 43.2 Å². The van der Waals surface area contributed by atoms with Crippen LogP contribution in [0.5, 0.6) is 5.75 Å². The fourth-order valence-electron chi connectivity index (χ4n) is 3.90. The second kappa shape index (κ2) is 3.12. The van der Waals surface area contributed by atoms with Crippen LogP contribution in [0.1, 0.15) is 41.9 Å². The van der Waals surface area contributed by atoms with Crippen LogP contribution in [0.4, 0.5) is 0 Å². The van der Waals surface area contributed by atoms with Gasteiger partial charge < -0.3 is 4.74 Å². The summed E-state index contributed by atoms with van der Waals surface area (Å²) in [4.78, 5) is 12.0. The molecule has 0 bridgehead atoms. The molecular formula is C15H16O2. The van der Waals surface area contributed by atoms with E-state index in [0.29, 0.717) is 24.0 Å². The van der Waals surface area contributed by atoms with Gasteiger partial charge in [-0.1, -0.05) is 12.1 Å². The van der Waals surface area contributed by atoms with Crippen molar-refractivity contribution in [1.82, 2.24) is 0 Å². The summed E-state index contributed by atoms with van der Waals surface area (Å²) in [5.41, 5.74) is 3.98. The summed E-state index contributed by atoms with van der Waals surface area (Å²) in [5, 5.41) is 0. The molecular weight excluding hydrogens is 212 g/mol. The van der Waals surface area contributed by atoms with Crippen LogP contribution < -0.4 is 4.74 Å². The van der Waals surface area contributed by atoms with E-state index in [2.05, 4.69) is 19.1 Å². The molecule has 1 aromatic rings. The van der Waals surface area contributed by atoms with Crippen LogP contribution in [0.15, 0.2) is 12.1 Å². The van der Waals surface area contributed by atoms with E-state index in [1.165, 1.54) is 23.1 Å². The van der Waals surface area contributed by atoms with E-state index < -0.39 is 0 Å². The summed E-state index contributed by atoms with van der Waals surface area (Å²) in [5.74, 6) is 2.38. The molecule has 2 heteroatoms. The van der Waals surface area contributed by atoms with E-state index in [4.69, 9.17) is 4.74 Å². The Bertz CT molecular complexity index is 518. The maximum atomic E-state index is 12.0. The lowest BCUT2D eigenvalue weighted by molar-refractivity contribution is -0.129. The molecule has 0 radical (unpaired) electrons. The van der Waals surface area contributed by atoms with Crippen LogP contribution in [-0.4, -0.2) is 11.9 Å². The lowest BCUT2D eigenvalue weighted by atomic mass is 9.67. The zero-order chi connectivity index (χ0) is 11.6. The number of carbonyl (C=O) groups is 1. The highest BCUT2D eigenvalue weighted by Crippen LogP contribution is 2.53. The number of ether oxygens (including phenoxy) is 1. The SMILES string of the molecule is Cc1ccc2c3c1OC1C(=O)CCC(CC2)C31. The van der Waals surface area contributed by atoms with Crippen LogP contribution in [-0.2, 0) is 11.2 Å². The third kappa shape index (κ3) is 1.13. The van der Waals surface area contributed by atoms with Gasteiger partial charge in [-0.2, -0.15) is 0 Å². The first kappa shape index (κ1) is 9.69. The first-order valence-electron chi connectivity index (χ1n) is 6.57. The van der Waals surface area contributed by atoms with Crippen LogP contribution in [0.25, 0.3) is 0 Å². The second-order valence-corrected chi connectivity index (χ2v) is 5.65.